The maximum absolute atomic E-state index is 13.0. The number of amides is 1. The summed E-state index contributed by atoms with van der Waals surface area (Å²) in [6.45, 7) is 8.02. The summed E-state index contributed by atoms with van der Waals surface area (Å²) in [5.74, 6) is -0.126. The number of likely N-dealkylation sites (N-methyl/N-ethyl adjacent to an activating group) is 1. The van der Waals surface area contributed by atoms with E-state index in [1.54, 1.807) is 12.1 Å². The second kappa shape index (κ2) is 8.26. The van der Waals surface area contributed by atoms with Crippen molar-refractivity contribution in [2.24, 2.45) is 0 Å². The van der Waals surface area contributed by atoms with Crippen molar-refractivity contribution in [2.45, 2.75) is 19.9 Å². The molecule has 6 heteroatoms. The van der Waals surface area contributed by atoms with E-state index in [0.717, 1.165) is 25.3 Å². The first kappa shape index (κ1) is 17.7. The van der Waals surface area contributed by atoms with Gasteiger partial charge in [0.05, 0.1) is 12.6 Å². The summed E-state index contributed by atoms with van der Waals surface area (Å²) >= 11 is 0. The molecular formula is C17H26FN3O2. The Bertz CT molecular complexity index is 501. The van der Waals surface area contributed by atoms with E-state index in [1.165, 1.54) is 12.1 Å². The van der Waals surface area contributed by atoms with Crippen LogP contribution in [0, 0.1) is 5.82 Å². The smallest absolute Gasteiger partial charge is 0.239 e. The zero-order valence-electron chi connectivity index (χ0n) is 13.9. The monoisotopic (exact) mass is 323 g/mol. The molecule has 1 amide bonds. The van der Waals surface area contributed by atoms with E-state index >= 15 is 0 Å². The molecule has 1 N–H and O–H groups in total. The predicted octanol–water partition coefficient (Wildman–Crippen LogP) is 1.18. The van der Waals surface area contributed by atoms with Gasteiger partial charge in [0.25, 0.3) is 0 Å². The molecule has 128 valence electrons. The molecule has 1 aromatic carbocycles. The fourth-order valence-electron chi connectivity index (χ4n) is 3.01. The molecule has 0 saturated carbocycles. The fourth-order valence-corrected chi connectivity index (χ4v) is 3.01. The summed E-state index contributed by atoms with van der Waals surface area (Å²) in [4.78, 5) is 18.6. The third kappa shape index (κ3) is 4.42. The van der Waals surface area contributed by atoms with Gasteiger partial charge in [0.2, 0.25) is 5.91 Å². The molecule has 23 heavy (non-hydrogen) atoms. The summed E-state index contributed by atoms with van der Waals surface area (Å²) in [7, 11) is 0. The molecule has 0 aliphatic carbocycles. The van der Waals surface area contributed by atoms with E-state index in [0.29, 0.717) is 19.6 Å². The van der Waals surface area contributed by atoms with Crippen molar-refractivity contribution in [1.82, 2.24) is 9.80 Å². The number of hydrogen-bond donors (Lipinski definition) is 1. The lowest BCUT2D eigenvalue weighted by molar-refractivity contribution is -0.136. The summed E-state index contributed by atoms with van der Waals surface area (Å²) in [6.07, 6.45) is 0. The fraction of sp³-hybridized carbons (Fsp3) is 0.588. The highest BCUT2D eigenvalue weighted by atomic mass is 19.1. The number of halogens is 1. The van der Waals surface area contributed by atoms with E-state index in [9.17, 15) is 9.18 Å². The molecule has 1 heterocycles. The van der Waals surface area contributed by atoms with Crippen molar-refractivity contribution in [3.8, 4) is 0 Å². The van der Waals surface area contributed by atoms with E-state index < -0.39 is 0 Å². The topological polar surface area (TPSA) is 47.0 Å². The number of aliphatic hydroxyl groups excluding tert-OH is 1. The van der Waals surface area contributed by atoms with Crippen LogP contribution in [0.2, 0.25) is 0 Å². The van der Waals surface area contributed by atoms with Gasteiger partial charge in [-0.1, -0.05) is 6.92 Å². The van der Waals surface area contributed by atoms with Crippen molar-refractivity contribution in [1.29, 1.82) is 0 Å². The number of carbonyl (C=O) groups excluding carboxylic acids is 1. The maximum atomic E-state index is 13.0. The highest BCUT2D eigenvalue weighted by Crippen LogP contribution is 2.17. The minimum atomic E-state index is -0.236. The lowest BCUT2D eigenvalue weighted by Crippen LogP contribution is -2.54. The van der Waals surface area contributed by atoms with Crippen LogP contribution < -0.4 is 4.90 Å². The molecule has 1 fully saturated rings. The zero-order valence-corrected chi connectivity index (χ0v) is 13.9. The van der Waals surface area contributed by atoms with Crippen LogP contribution in [0.1, 0.15) is 13.8 Å². The highest BCUT2D eigenvalue weighted by Gasteiger charge is 2.27. The Balaban J connectivity index is 1.90. The number of anilines is 1. The van der Waals surface area contributed by atoms with Crippen LogP contribution >= 0.6 is 0 Å². The van der Waals surface area contributed by atoms with Crippen LogP contribution in [0.4, 0.5) is 10.1 Å². The third-order valence-electron chi connectivity index (χ3n) is 4.48. The Hall–Kier alpha value is -1.66. The Labute approximate surface area is 137 Å². The van der Waals surface area contributed by atoms with Gasteiger partial charge in [-0.15, -0.1) is 0 Å². The van der Waals surface area contributed by atoms with Crippen LogP contribution in [0.15, 0.2) is 24.3 Å². The molecular weight excluding hydrogens is 297 g/mol. The lowest BCUT2D eigenvalue weighted by atomic mass is 10.2. The first-order valence-electron chi connectivity index (χ1n) is 8.21. The molecule has 0 bridgehead atoms. The highest BCUT2D eigenvalue weighted by molar-refractivity contribution is 5.81. The molecule has 1 unspecified atom stereocenters. The molecule has 0 spiro atoms. The van der Waals surface area contributed by atoms with Crippen LogP contribution in [0.3, 0.4) is 0 Å². The maximum Gasteiger partial charge on any atom is 0.239 e. The van der Waals surface area contributed by atoms with Gasteiger partial charge in [0.15, 0.2) is 0 Å². The largest absolute Gasteiger partial charge is 0.395 e. The second-order valence-corrected chi connectivity index (χ2v) is 5.82. The van der Waals surface area contributed by atoms with Gasteiger partial charge < -0.3 is 14.9 Å². The van der Waals surface area contributed by atoms with Gasteiger partial charge in [-0.2, -0.15) is 0 Å². The second-order valence-electron chi connectivity index (χ2n) is 5.82. The van der Waals surface area contributed by atoms with Gasteiger partial charge in [-0.05, 0) is 37.7 Å². The van der Waals surface area contributed by atoms with Crippen LogP contribution in [0.25, 0.3) is 0 Å². The minimum absolute atomic E-state index is 0.0593. The lowest BCUT2D eigenvalue weighted by Gasteiger charge is -2.38. The summed E-state index contributed by atoms with van der Waals surface area (Å²) < 4.78 is 13.0. The van der Waals surface area contributed by atoms with Gasteiger partial charge in [-0.25, -0.2) is 4.39 Å². The first-order chi connectivity index (χ1) is 11.1. The molecule has 1 aromatic rings. The van der Waals surface area contributed by atoms with Crippen molar-refractivity contribution < 1.29 is 14.3 Å². The molecule has 1 saturated heterocycles. The Kier molecular flexibility index (Phi) is 6.36. The summed E-state index contributed by atoms with van der Waals surface area (Å²) in [5, 5.41) is 9.09. The van der Waals surface area contributed by atoms with Gasteiger partial charge in [0, 0.05) is 38.4 Å². The number of nitrogens with zero attached hydrogens (tertiary/aromatic N) is 3. The number of rotatable bonds is 6. The first-order valence-corrected chi connectivity index (χ1v) is 8.21. The Morgan fingerprint density at radius 3 is 2.39 bits per heavy atom. The average Bonchev–Trinajstić information content (AvgIpc) is 2.59. The molecule has 1 aliphatic heterocycles. The number of carbonyl (C=O) groups is 1. The van der Waals surface area contributed by atoms with Crippen LogP contribution in [0.5, 0.6) is 0 Å². The molecule has 1 aliphatic rings. The molecule has 5 nitrogen and oxygen atoms in total. The number of piperazine rings is 1. The van der Waals surface area contributed by atoms with E-state index in [-0.39, 0.29) is 24.4 Å². The van der Waals surface area contributed by atoms with E-state index in [1.807, 2.05) is 23.6 Å². The predicted molar refractivity (Wildman–Crippen MR) is 89.0 cm³/mol. The van der Waals surface area contributed by atoms with Crippen LogP contribution in [-0.2, 0) is 4.79 Å². The third-order valence-corrected chi connectivity index (χ3v) is 4.48. The van der Waals surface area contributed by atoms with Gasteiger partial charge in [0.1, 0.15) is 5.82 Å². The van der Waals surface area contributed by atoms with Gasteiger partial charge in [-0.3, -0.25) is 9.69 Å². The summed E-state index contributed by atoms with van der Waals surface area (Å²) in [6, 6.07) is 6.25. The van der Waals surface area contributed by atoms with Crippen molar-refractivity contribution >= 4 is 11.6 Å². The summed E-state index contributed by atoms with van der Waals surface area (Å²) in [5.41, 5.74) is 0.988. The molecule has 0 aromatic heterocycles. The minimum Gasteiger partial charge on any atom is -0.395 e. The van der Waals surface area contributed by atoms with Crippen molar-refractivity contribution in [3.05, 3.63) is 30.1 Å². The number of benzene rings is 1. The number of hydrogen-bond acceptors (Lipinski definition) is 4. The van der Waals surface area contributed by atoms with Gasteiger partial charge >= 0.3 is 0 Å². The van der Waals surface area contributed by atoms with E-state index in [2.05, 4.69) is 4.90 Å². The normalized spacial score (nSPS) is 16.7. The molecule has 2 rings (SSSR count). The SMILES string of the molecule is CCN(CCO)C(C)C(=O)N1CCN(c2ccc(F)cc2)CC1. The van der Waals surface area contributed by atoms with Crippen LogP contribution in [-0.4, -0.2) is 72.7 Å². The Morgan fingerprint density at radius 2 is 1.87 bits per heavy atom. The molecule has 1 atom stereocenters. The molecule has 0 radical (unpaired) electrons. The Morgan fingerprint density at radius 1 is 1.26 bits per heavy atom. The quantitative estimate of drug-likeness (QED) is 0.854. The van der Waals surface area contributed by atoms with Crippen molar-refractivity contribution in [2.75, 3.05) is 50.8 Å². The average molecular weight is 323 g/mol. The zero-order chi connectivity index (χ0) is 16.8. The standard InChI is InChI=1S/C17H26FN3O2/c1-3-19(12-13-22)14(2)17(23)21-10-8-20(9-11-21)16-6-4-15(18)5-7-16/h4-7,14,22H,3,8-13H2,1-2H3. The van der Waals surface area contributed by atoms with E-state index in [4.69, 9.17) is 5.11 Å². The number of aliphatic hydroxyl groups is 1. The van der Waals surface area contributed by atoms with Crippen molar-refractivity contribution in [3.63, 3.8) is 0 Å².